The van der Waals surface area contributed by atoms with Crippen molar-refractivity contribution in [2.45, 2.75) is 53.0 Å². The van der Waals surface area contributed by atoms with Crippen LogP contribution in [0.5, 0.6) is 0 Å². The molecule has 1 unspecified atom stereocenters. The van der Waals surface area contributed by atoms with Crippen LogP contribution in [0.1, 0.15) is 57.4 Å². The Morgan fingerprint density at radius 2 is 1.71 bits per heavy atom. The molecule has 28 heavy (non-hydrogen) atoms. The van der Waals surface area contributed by atoms with Crippen molar-refractivity contribution >= 4 is 22.1 Å². The highest BCUT2D eigenvalue weighted by atomic mass is 16.3. The van der Waals surface area contributed by atoms with E-state index < -0.39 is 0 Å². The second kappa shape index (κ2) is 6.51. The molecule has 1 aliphatic rings. The summed E-state index contributed by atoms with van der Waals surface area (Å²) in [6.45, 7) is 13.2. The molecule has 3 heterocycles. The molecule has 0 amide bonds. The Labute approximate surface area is 167 Å². The van der Waals surface area contributed by atoms with Crippen LogP contribution in [-0.2, 0) is 5.54 Å². The van der Waals surface area contributed by atoms with Crippen LogP contribution in [0.4, 0.5) is 0 Å². The van der Waals surface area contributed by atoms with Gasteiger partial charge in [-0.25, -0.2) is 4.98 Å². The number of hydrogen-bond acceptors (Lipinski definition) is 3. The SMILES string of the molecule is Cc1ccc2c(oc3nc(C(C)C)ccc32)c1C1(C)C=CC(C(C)C)=CN1C. The summed E-state index contributed by atoms with van der Waals surface area (Å²) in [6.07, 6.45) is 6.84. The summed E-state index contributed by atoms with van der Waals surface area (Å²) in [6, 6.07) is 8.65. The molecule has 4 rings (SSSR count). The van der Waals surface area contributed by atoms with Gasteiger partial charge in [0.1, 0.15) is 5.58 Å². The number of likely N-dealkylation sites (N-methyl/N-ethyl adjacent to an activating group) is 1. The number of aromatic nitrogens is 1. The van der Waals surface area contributed by atoms with E-state index in [9.17, 15) is 0 Å². The quantitative estimate of drug-likeness (QED) is 0.513. The Balaban J connectivity index is 1.95. The van der Waals surface area contributed by atoms with E-state index in [0.29, 0.717) is 11.8 Å². The van der Waals surface area contributed by atoms with Crippen molar-refractivity contribution in [3.63, 3.8) is 0 Å². The van der Waals surface area contributed by atoms with Crippen molar-refractivity contribution in [1.29, 1.82) is 0 Å². The van der Waals surface area contributed by atoms with E-state index in [2.05, 4.69) is 96.1 Å². The van der Waals surface area contributed by atoms with Gasteiger partial charge >= 0.3 is 0 Å². The van der Waals surface area contributed by atoms with Crippen LogP contribution in [0.25, 0.3) is 22.1 Å². The molecule has 0 bridgehead atoms. The minimum absolute atomic E-state index is 0.267. The first-order chi connectivity index (χ1) is 13.2. The van der Waals surface area contributed by atoms with Gasteiger partial charge in [0.2, 0.25) is 5.71 Å². The number of nitrogens with zero attached hydrogens (tertiary/aromatic N) is 2. The van der Waals surface area contributed by atoms with Gasteiger partial charge in [0, 0.05) is 35.3 Å². The molecular weight excluding hydrogens is 344 g/mol. The fourth-order valence-electron chi connectivity index (χ4n) is 4.16. The lowest BCUT2D eigenvalue weighted by atomic mass is 9.82. The van der Waals surface area contributed by atoms with Crippen LogP contribution in [0.3, 0.4) is 0 Å². The number of fused-ring (bicyclic) bond motifs is 3. The summed E-state index contributed by atoms with van der Waals surface area (Å²) >= 11 is 0. The molecule has 0 aliphatic carbocycles. The number of hydrogen-bond donors (Lipinski definition) is 0. The summed E-state index contributed by atoms with van der Waals surface area (Å²) < 4.78 is 6.40. The van der Waals surface area contributed by atoms with Crippen molar-refractivity contribution in [3.05, 3.63) is 65.0 Å². The largest absolute Gasteiger partial charge is 0.437 e. The smallest absolute Gasteiger partial charge is 0.227 e. The summed E-state index contributed by atoms with van der Waals surface area (Å²) in [5.41, 5.74) is 6.27. The van der Waals surface area contributed by atoms with Crippen molar-refractivity contribution in [2.75, 3.05) is 7.05 Å². The van der Waals surface area contributed by atoms with E-state index in [4.69, 9.17) is 9.40 Å². The van der Waals surface area contributed by atoms with E-state index in [1.807, 2.05) is 0 Å². The molecule has 3 nitrogen and oxygen atoms in total. The van der Waals surface area contributed by atoms with Gasteiger partial charge in [0.15, 0.2) is 0 Å². The van der Waals surface area contributed by atoms with Crippen molar-refractivity contribution in [3.8, 4) is 0 Å². The zero-order valence-electron chi connectivity index (χ0n) is 18.0. The molecule has 2 aromatic heterocycles. The van der Waals surface area contributed by atoms with Gasteiger partial charge in [-0.05, 0) is 49.0 Å². The van der Waals surface area contributed by atoms with Crippen LogP contribution in [0.15, 0.2) is 52.6 Å². The third-order valence-corrected chi connectivity index (χ3v) is 6.18. The van der Waals surface area contributed by atoms with Gasteiger partial charge in [0.25, 0.3) is 0 Å². The normalized spacial score (nSPS) is 20.0. The summed E-state index contributed by atoms with van der Waals surface area (Å²) in [4.78, 5) is 7.10. The molecule has 0 spiro atoms. The monoisotopic (exact) mass is 374 g/mol. The average Bonchev–Trinajstić information content (AvgIpc) is 3.00. The maximum absolute atomic E-state index is 6.40. The molecule has 146 valence electrons. The number of benzene rings is 1. The lowest BCUT2D eigenvalue weighted by molar-refractivity contribution is 0.256. The first kappa shape index (κ1) is 18.8. The van der Waals surface area contributed by atoms with Gasteiger partial charge < -0.3 is 9.32 Å². The minimum atomic E-state index is -0.267. The second-order valence-electron chi connectivity index (χ2n) is 8.86. The molecule has 1 aliphatic heterocycles. The Morgan fingerprint density at radius 3 is 2.36 bits per heavy atom. The van der Waals surface area contributed by atoms with Crippen LogP contribution >= 0.6 is 0 Å². The van der Waals surface area contributed by atoms with E-state index in [1.54, 1.807) is 0 Å². The predicted molar refractivity (Wildman–Crippen MR) is 118 cm³/mol. The summed E-state index contributed by atoms with van der Waals surface area (Å²) in [5, 5.41) is 2.23. The zero-order valence-corrected chi connectivity index (χ0v) is 18.0. The minimum Gasteiger partial charge on any atom is -0.437 e. The molecule has 0 fully saturated rings. The Morgan fingerprint density at radius 1 is 1.00 bits per heavy atom. The molecule has 1 atom stereocenters. The third kappa shape index (κ3) is 2.76. The van der Waals surface area contributed by atoms with E-state index in [0.717, 1.165) is 27.8 Å². The molecule has 0 N–H and O–H groups in total. The standard InChI is InChI=1S/C25H30N2O/c1-15(2)18-12-13-25(6,27(7)14-18)22-17(5)8-9-19-20-10-11-21(16(3)4)26-24(20)28-23(19)22/h8-16H,1-7H3. The molecule has 0 saturated heterocycles. The highest BCUT2D eigenvalue weighted by Crippen LogP contribution is 2.42. The molecular formula is C25H30N2O. The lowest BCUT2D eigenvalue weighted by Crippen LogP contribution is -2.39. The topological polar surface area (TPSA) is 29.3 Å². The van der Waals surface area contributed by atoms with E-state index >= 15 is 0 Å². The van der Waals surface area contributed by atoms with Crippen LogP contribution < -0.4 is 0 Å². The van der Waals surface area contributed by atoms with Gasteiger partial charge in [0.05, 0.1) is 5.54 Å². The maximum Gasteiger partial charge on any atom is 0.227 e. The molecule has 1 aromatic carbocycles. The number of aryl methyl sites for hydroxylation is 1. The van der Waals surface area contributed by atoms with E-state index in [1.165, 1.54) is 16.7 Å². The fourth-order valence-corrected chi connectivity index (χ4v) is 4.16. The fraction of sp³-hybridized carbons (Fsp3) is 0.400. The average molecular weight is 375 g/mol. The highest BCUT2D eigenvalue weighted by Gasteiger charge is 2.34. The summed E-state index contributed by atoms with van der Waals surface area (Å²) in [5.74, 6) is 0.883. The molecule has 3 aromatic rings. The molecule has 0 saturated carbocycles. The first-order valence-corrected chi connectivity index (χ1v) is 10.2. The zero-order chi connectivity index (χ0) is 20.2. The second-order valence-corrected chi connectivity index (χ2v) is 8.86. The highest BCUT2D eigenvalue weighted by molar-refractivity contribution is 6.05. The number of rotatable bonds is 3. The Bertz CT molecular complexity index is 1120. The summed E-state index contributed by atoms with van der Waals surface area (Å²) in [7, 11) is 2.15. The number of pyridine rings is 1. The van der Waals surface area contributed by atoms with Gasteiger partial charge in [-0.2, -0.15) is 0 Å². The lowest BCUT2D eigenvalue weighted by Gasteiger charge is -2.40. The molecule has 0 radical (unpaired) electrons. The number of allylic oxidation sites excluding steroid dienone is 2. The molecule has 3 heteroatoms. The van der Waals surface area contributed by atoms with Crippen molar-refractivity contribution in [2.24, 2.45) is 5.92 Å². The van der Waals surface area contributed by atoms with Crippen LogP contribution in [-0.4, -0.2) is 16.9 Å². The Kier molecular flexibility index (Phi) is 4.37. The number of furan rings is 1. The predicted octanol–water partition coefficient (Wildman–Crippen LogP) is 6.67. The Hall–Kier alpha value is -2.55. The third-order valence-electron chi connectivity index (χ3n) is 6.18. The maximum atomic E-state index is 6.40. The first-order valence-electron chi connectivity index (χ1n) is 10.2. The van der Waals surface area contributed by atoms with Gasteiger partial charge in [-0.15, -0.1) is 0 Å². The van der Waals surface area contributed by atoms with Crippen molar-refractivity contribution < 1.29 is 4.42 Å². The van der Waals surface area contributed by atoms with Gasteiger partial charge in [-0.3, -0.25) is 0 Å². The van der Waals surface area contributed by atoms with Crippen molar-refractivity contribution in [1.82, 2.24) is 9.88 Å². The van der Waals surface area contributed by atoms with E-state index in [-0.39, 0.29) is 5.54 Å². The van der Waals surface area contributed by atoms with Crippen LogP contribution in [0, 0.1) is 12.8 Å². The van der Waals surface area contributed by atoms with Gasteiger partial charge in [-0.1, -0.05) is 52.0 Å². The van der Waals surface area contributed by atoms with Crippen LogP contribution in [0.2, 0.25) is 0 Å².